The van der Waals surface area contributed by atoms with Crippen molar-refractivity contribution in [1.29, 1.82) is 0 Å². The number of sulfonamides is 1. The van der Waals surface area contributed by atoms with E-state index in [0.29, 0.717) is 11.3 Å². The number of hydrogen-bond acceptors (Lipinski definition) is 4. The predicted molar refractivity (Wildman–Crippen MR) is 81.3 cm³/mol. The van der Waals surface area contributed by atoms with E-state index in [9.17, 15) is 17.6 Å². The molecular formula is C15H15ClFNO4S. The molecule has 0 heterocycles. The SMILES string of the molecule is C[C@@]12C3[C@@H]1[C@@H]2C[C@H]3Oc1cc(F)c(C(=O)NS(C)(=O)=O)cc1Cl. The third kappa shape index (κ3) is 2.16. The van der Waals surface area contributed by atoms with Crippen LogP contribution in [0.5, 0.6) is 5.75 Å². The molecule has 5 rings (SSSR count). The molecule has 1 aromatic rings. The van der Waals surface area contributed by atoms with Crippen LogP contribution in [-0.4, -0.2) is 26.7 Å². The summed E-state index contributed by atoms with van der Waals surface area (Å²) in [5.74, 6) is 0.269. The predicted octanol–water partition coefficient (Wildman–Crippen LogP) is 2.20. The number of nitrogens with one attached hydrogen (secondary N) is 1. The normalized spacial score (nSPS) is 36.3. The van der Waals surface area contributed by atoms with Crippen molar-refractivity contribution in [1.82, 2.24) is 4.72 Å². The molecule has 1 unspecified atom stereocenters. The molecule has 4 aliphatic rings. The summed E-state index contributed by atoms with van der Waals surface area (Å²) in [5.41, 5.74) is -0.00793. The second-order valence-corrected chi connectivity index (χ2v) is 9.04. The summed E-state index contributed by atoms with van der Waals surface area (Å²) in [7, 11) is -3.78. The van der Waals surface area contributed by atoms with Crippen LogP contribution in [0.4, 0.5) is 4.39 Å². The van der Waals surface area contributed by atoms with Crippen LogP contribution < -0.4 is 9.46 Å². The fourth-order valence-electron chi connectivity index (χ4n) is 4.37. The Hall–Kier alpha value is -1.34. The van der Waals surface area contributed by atoms with Crippen molar-refractivity contribution in [2.45, 2.75) is 19.4 Å². The monoisotopic (exact) mass is 359 g/mol. The van der Waals surface area contributed by atoms with Gasteiger partial charge in [-0.3, -0.25) is 4.79 Å². The average molecular weight is 360 g/mol. The van der Waals surface area contributed by atoms with E-state index in [2.05, 4.69) is 6.92 Å². The number of rotatable bonds is 4. The molecule has 4 saturated carbocycles. The number of ether oxygens (including phenoxy) is 1. The van der Waals surface area contributed by atoms with Gasteiger partial charge in [-0.1, -0.05) is 18.5 Å². The van der Waals surface area contributed by atoms with Gasteiger partial charge in [0, 0.05) is 12.0 Å². The third-order valence-corrected chi connectivity index (χ3v) is 6.40. The highest BCUT2D eigenvalue weighted by Crippen LogP contribution is 2.91. The van der Waals surface area contributed by atoms with Gasteiger partial charge in [-0.25, -0.2) is 17.5 Å². The standard InChI is InChI=1S/C15H15ClFNO4S/c1-15-7-4-11(13(15)12(7)15)22-10-5-9(17)6(3-8(10)16)14(19)18-23(2,20)21/h3,5,7,11-13H,4H2,1-2H3,(H,18,19)/t7-,11+,12-,13?,15-/m0/s1. The number of halogens is 2. The highest BCUT2D eigenvalue weighted by molar-refractivity contribution is 7.89. The first kappa shape index (κ1) is 15.2. The molecule has 124 valence electrons. The number of benzene rings is 1. The lowest BCUT2D eigenvalue weighted by Crippen LogP contribution is -2.30. The number of hydrogen-bond donors (Lipinski definition) is 1. The Morgan fingerprint density at radius 3 is 2.61 bits per heavy atom. The fraction of sp³-hybridized carbons (Fsp3) is 0.533. The summed E-state index contributed by atoms with van der Waals surface area (Å²) in [6.45, 7) is 2.25. The van der Waals surface area contributed by atoms with Gasteiger partial charge < -0.3 is 4.74 Å². The van der Waals surface area contributed by atoms with Crippen LogP contribution >= 0.6 is 11.6 Å². The van der Waals surface area contributed by atoms with E-state index in [1.165, 1.54) is 0 Å². The topological polar surface area (TPSA) is 72.5 Å². The van der Waals surface area contributed by atoms with Crippen molar-refractivity contribution >= 4 is 27.5 Å². The summed E-state index contributed by atoms with van der Waals surface area (Å²) in [6, 6.07) is 2.15. The minimum absolute atomic E-state index is 0.0441. The molecule has 0 aromatic heterocycles. The van der Waals surface area contributed by atoms with Crippen molar-refractivity contribution in [2.75, 3.05) is 6.26 Å². The summed E-state index contributed by atoms with van der Waals surface area (Å²) in [4.78, 5) is 11.8. The number of amides is 1. The summed E-state index contributed by atoms with van der Waals surface area (Å²) < 4.78 is 43.8. The molecule has 0 spiro atoms. The maximum atomic E-state index is 14.1. The number of fused-ring (bicyclic) bond motifs is 1. The van der Waals surface area contributed by atoms with Gasteiger partial charge in [-0.2, -0.15) is 0 Å². The minimum atomic E-state index is -3.78. The lowest BCUT2D eigenvalue weighted by molar-refractivity contribution is 0.0977. The van der Waals surface area contributed by atoms with Gasteiger partial charge in [0.2, 0.25) is 10.0 Å². The van der Waals surface area contributed by atoms with Crippen LogP contribution in [0.3, 0.4) is 0 Å². The number of carbonyl (C=O) groups is 1. The molecule has 8 heteroatoms. The first-order valence-corrected chi connectivity index (χ1v) is 9.57. The van der Waals surface area contributed by atoms with Crippen molar-refractivity contribution < 1.29 is 22.3 Å². The second-order valence-electron chi connectivity index (χ2n) is 6.88. The van der Waals surface area contributed by atoms with Gasteiger partial charge in [0.1, 0.15) is 17.7 Å². The van der Waals surface area contributed by atoms with E-state index in [1.807, 2.05) is 0 Å². The van der Waals surface area contributed by atoms with Gasteiger partial charge in [-0.05, 0) is 29.7 Å². The first-order valence-electron chi connectivity index (χ1n) is 7.30. The lowest BCUT2D eigenvalue weighted by Gasteiger charge is -2.16. The van der Waals surface area contributed by atoms with Crippen LogP contribution in [0.15, 0.2) is 12.1 Å². The minimum Gasteiger partial charge on any atom is -0.488 e. The second kappa shape index (κ2) is 4.39. The molecular weight excluding hydrogens is 345 g/mol. The zero-order valence-corrected chi connectivity index (χ0v) is 14.0. The summed E-state index contributed by atoms with van der Waals surface area (Å²) in [5, 5.41) is 0.0919. The van der Waals surface area contributed by atoms with E-state index in [0.717, 1.165) is 36.6 Å². The largest absolute Gasteiger partial charge is 0.488 e. The van der Waals surface area contributed by atoms with E-state index < -0.39 is 27.3 Å². The zero-order valence-electron chi connectivity index (χ0n) is 12.5. The highest BCUT2D eigenvalue weighted by Gasteiger charge is 2.90. The molecule has 4 fully saturated rings. The van der Waals surface area contributed by atoms with Crippen molar-refractivity contribution in [3.05, 3.63) is 28.5 Å². The molecule has 0 radical (unpaired) electrons. The summed E-state index contributed by atoms with van der Waals surface area (Å²) in [6.07, 6.45) is 1.82. The molecule has 4 aliphatic carbocycles. The Kier molecular flexibility index (Phi) is 2.90. The first-order chi connectivity index (χ1) is 10.6. The van der Waals surface area contributed by atoms with Gasteiger partial charge >= 0.3 is 0 Å². The van der Waals surface area contributed by atoms with Gasteiger partial charge in [0.05, 0.1) is 16.8 Å². The maximum Gasteiger partial charge on any atom is 0.267 e. The molecule has 2 bridgehead atoms. The molecule has 5 nitrogen and oxygen atoms in total. The fourth-order valence-corrected chi connectivity index (χ4v) is 5.03. The Morgan fingerprint density at radius 2 is 2.09 bits per heavy atom. The van der Waals surface area contributed by atoms with Crippen molar-refractivity contribution in [3.63, 3.8) is 0 Å². The molecule has 0 saturated heterocycles. The van der Waals surface area contributed by atoms with Crippen LogP contribution in [0.1, 0.15) is 23.7 Å². The Labute approximate surface area is 138 Å². The van der Waals surface area contributed by atoms with E-state index in [-0.39, 0.29) is 16.9 Å². The molecule has 1 N–H and O–H groups in total. The van der Waals surface area contributed by atoms with Crippen LogP contribution in [0.2, 0.25) is 5.02 Å². The van der Waals surface area contributed by atoms with Gasteiger partial charge in [0.25, 0.3) is 5.91 Å². The Bertz CT molecular complexity index is 836. The molecule has 23 heavy (non-hydrogen) atoms. The van der Waals surface area contributed by atoms with Crippen molar-refractivity contribution in [2.24, 2.45) is 23.2 Å². The quantitative estimate of drug-likeness (QED) is 0.894. The maximum absolute atomic E-state index is 14.1. The van der Waals surface area contributed by atoms with Crippen LogP contribution in [0.25, 0.3) is 0 Å². The number of carbonyl (C=O) groups excluding carboxylic acids is 1. The summed E-state index contributed by atoms with van der Waals surface area (Å²) >= 11 is 6.08. The highest BCUT2D eigenvalue weighted by atomic mass is 35.5. The van der Waals surface area contributed by atoms with Crippen molar-refractivity contribution in [3.8, 4) is 5.75 Å². The van der Waals surface area contributed by atoms with E-state index in [1.54, 1.807) is 4.72 Å². The molecule has 1 aromatic carbocycles. The smallest absolute Gasteiger partial charge is 0.267 e. The molecule has 5 atom stereocenters. The lowest BCUT2D eigenvalue weighted by atomic mass is 10.1. The van der Waals surface area contributed by atoms with E-state index >= 15 is 0 Å². The molecule has 0 aliphatic heterocycles. The zero-order chi connectivity index (χ0) is 16.7. The van der Waals surface area contributed by atoms with Gasteiger partial charge in [0.15, 0.2) is 0 Å². The van der Waals surface area contributed by atoms with E-state index in [4.69, 9.17) is 16.3 Å². The third-order valence-electron chi connectivity index (χ3n) is 5.55. The van der Waals surface area contributed by atoms with Crippen LogP contribution in [0, 0.1) is 29.0 Å². The Morgan fingerprint density at radius 1 is 1.43 bits per heavy atom. The molecule has 1 amide bonds. The Balaban J connectivity index is 1.54. The van der Waals surface area contributed by atoms with Crippen LogP contribution in [-0.2, 0) is 10.0 Å². The van der Waals surface area contributed by atoms with Gasteiger partial charge in [-0.15, -0.1) is 0 Å². The average Bonchev–Trinajstić information content (AvgIpc) is 3.05.